The monoisotopic (exact) mass is 246 g/mol. The van der Waals surface area contributed by atoms with Crippen molar-refractivity contribution >= 4 is 5.97 Å². The van der Waals surface area contributed by atoms with Gasteiger partial charge in [-0.15, -0.1) is 0 Å². The van der Waals surface area contributed by atoms with Gasteiger partial charge in [-0.2, -0.15) is 0 Å². The minimum absolute atomic E-state index is 0.110. The smallest absolute Gasteiger partial charge is 0.305 e. The highest BCUT2D eigenvalue weighted by molar-refractivity contribution is 5.69. The fourth-order valence-corrected chi connectivity index (χ4v) is 1.71. The van der Waals surface area contributed by atoms with Crippen LogP contribution in [0.2, 0.25) is 0 Å². The lowest BCUT2D eigenvalue weighted by atomic mass is 9.99. The Labute approximate surface area is 104 Å². The number of carbonyl (C=O) groups excluding carboxylic acids is 1. The molecule has 0 unspecified atom stereocenters. The second kappa shape index (κ2) is 10.5. The van der Waals surface area contributed by atoms with Gasteiger partial charge in [-0.05, 0) is 12.3 Å². The Kier molecular flexibility index (Phi) is 10.2. The van der Waals surface area contributed by atoms with Gasteiger partial charge in [-0.25, -0.2) is 0 Å². The van der Waals surface area contributed by atoms with Crippen molar-refractivity contribution in [2.24, 2.45) is 5.92 Å². The van der Waals surface area contributed by atoms with Crippen molar-refractivity contribution in [2.45, 2.75) is 58.5 Å². The molecule has 0 rings (SSSR count). The molecule has 102 valence electrons. The first kappa shape index (κ1) is 16.4. The molecule has 0 aliphatic rings. The predicted octanol–water partition coefficient (Wildman–Crippen LogP) is 1.88. The summed E-state index contributed by atoms with van der Waals surface area (Å²) in [5.74, 6) is 0.438. The molecular formula is C13H26O4. The van der Waals surface area contributed by atoms with E-state index in [1.165, 1.54) is 12.8 Å². The molecule has 4 nitrogen and oxygen atoms in total. The van der Waals surface area contributed by atoms with E-state index in [9.17, 15) is 4.79 Å². The summed E-state index contributed by atoms with van der Waals surface area (Å²) >= 11 is 0. The topological polar surface area (TPSA) is 66.8 Å². The number of rotatable bonds is 10. The van der Waals surface area contributed by atoms with E-state index in [4.69, 9.17) is 14.9 Å². The number of ether oxygens (including phenoxy) is 1. The lowest BCUT2D eigenvalue weighted by Gasteiger charge is -2.10. The first-order valence-electron chi connectivity index (χ1n) is 6.54. The number of carbonyl (C=O) groups is 1. The minimum Gasteiger partial charge on any atom is -0.463 e. The molecule has 0 aliphatic carbocycles. The Morgan fingerprint density at radius 1 is 1.29 bits per heavy atom. The summed E-state index contributed by atoms with van der Waals surface area (Å²) in [5, 5.41) is 17.5. The van der Waals surface area contributed by atoms with Gasteiger partial charge in [0.15, 0.2) is 0 Å². The second-order valence-electron chi connectivity index (χ2n) is 4.66. The van der Waals surface area contributed by atoms with Crippen molar-refractivity contribution < 1.29 is 19.7 Å². The van der Waals surface area contributed by atoms with Gasteiger partial charge in [0.1, 0.15) is 12.7 Å². The SMILES string of the molecule is CCC[C@H](C)CCCCC(=O)OC[C@H](O)CO. The molecule has 0 aliphatic heterocycles. The van der Waals surface area contributed by atoms with Crippen molar-refractivity contribution in [3.05, 3.63) is 0 Å². The molecule has 2 atom stereocenters. The molecule has 0 radical (unpaired) electrons. The lowest BCUT2D eigenvalue weighted by molar-refractivity contribution is -0.147. The van der Waals surface area contributed by atoms with E-state index in [0.29, 0.717) is 6.42 Å². The van der Waals surface area contributed by atoms with Gasteiger partial charge in [-0.1, -0.05) is 39.5 Å². The van der Waals surface area contributed by atoms with Gasteiger partial charge in [0.25, 0.3) is 0 Å². The molecule has 17 heavy (non-hydrogen) atoms. The zero-order chi connectivity index (χ0) is 13.1. The fourth-order valence-electron chi connectivity index (χ4n) is 1.71. The largest absolute Gasteiger partial charge is 0.463 e. The fraction of sp³-hybridized carbons (Fsp3) is 0.923. The standard InChI is InChI=1S/C13H26O4/c1-3-6-11(2)7-4-5-8-13(16)17-10-12(15)9-14/h11-12,14-15H,3-10H2,1-2H3/t11-,12+/m0/s1. The third-order valence-corrected chi connectivity index (χ3v) is 2.76. The molecule has 0 heterocycles. The summed E-state index contributed by atoms with van der Waals surface area (Å²) < 4.78 is 4.80. The molecule has 0 saturated carbocycles. The average molecular weight is 246 g/mol. The molecule has 0 saturated heterocycles. The zero-order valence-electron chi connectivity index (χ0n) is 11.0. The maximum atomic E-state index is 11.2. The Bertz CT molecular complexity index is 194. The number of hydrogen-bond acceptors (Lipinski definition) is 4. The summed E-state index contributed by atoms with van der Waals surface area (Å²) in [4.78, 5) is 11.2. The predicted molar refractivity (Wildman–Crippen MR) is 66.6 cm³/mol. The van der Waals surface area contributed by atoms with Crippen LogP contribution >= 0.6 is 0 Å². The van der Waals surface area contributed by atoms with Gasteiger partial charge >= 0.3 is 5.97 Å². The molecule has 0 amide bonds. The van der Waals surface area contributed by atoms with Gasteiger partial charge in [0.05, 0.1) is 6.61 Å². The van der Waals surface area contributed by atoms with E-state index < -0.39 is 6.10 Å². The summed E-state index contributed by atoms with van der Waals surface area (Å²) in [6.07, 6.45) is 4.93. The molecule has 0 aromatic rings. The number of esters is 1. The Balaban J connectivity index is 3.39. The van der Waals surface area contributed by atoms with Crippen LogP contribution in [-0.4, -0.2) is 35.5 Å². The molecule has 0 spiro atoms. The van der Waals surface area contributed by atoms with Crippen molar-refractivity contribution in [2.75, 3.05) is 13.2 Å². The van der Waals surface area contributed by atoms with Crippen LogP contribution in [0.4, 0.5) is 0 Å². The maximum Gasteiger partial charge on any atom is 0.305 e. The van der Waals surface area contributed by atoms with Crippen LogP contribution in [0, 0.1) is 5.92 Å². The van der Waals surface area contributed by atoms with Crippen LogP contribution in [0.3, 0.4) is 0 Å². The number of hydrogen-bond donors (Lipinski definition) is 2. The molecule has 0 aromatic carbocycles. The summed E-state index contributed by atoms with van der Waals surface area (Å²) in [7, 11) is 0. The van der Waals surface area contributed by atoms with Crippen molar-refractivity contribution in [1.82, 2.24) is 0 Å². The average Bonchev–Trinajstić information content (AvgIpc) is 2.32. The highest BCUT2D eigenvalue weighted by atomic mass is 16.5. The summed E-state index contributed by atoms with van der Waals surface area (Å²) in [6, 6.07) is 0. The number of aliphatic hydroxyl groups excluding tert-OH is 2. The molecular weight excluding hydrogens is 220 g/mol. The van der Waals surface area contributed by atoms with Crippen LogP contribution in [0.1, 0.15) is 52.4 Å². The first-order valence-corrected chi connectivity index (χ1v) is 6.54. The zero-order valence-corrected chi connectivity index (χ0v) is 11.0. The molecule has 0 fully saturated rings. The lowest BCUT2D eigenvalue weighted by Crippen LogP contribution is -2.21. The maximum absolute atomic E-state index is 11.2. The van der Waals surface area contributed by atoms with Crippen LogP contribution in [-0.2, 0) is 9.53 Å². The minimum atomic E-state index is -0.955. The van der Waals surface area contributed by atoms with Crippen molar-refractivity contribution in [1.29, 1.82) is 0 Å². The molecule has 0 aromatic heterocycles. The Morgan fingerprint density at radius 2 is 2.00 bits per heavy atom. The van der Waals surface area contributed by atoms with Gasteiger partial charge in [-0.3, -0.25) is 4.79 Å². The Morgan fingerprint density at radius 3 is 2.59 bits per heavy atom. The van der Waals surface area contributed by atoms with Crippen molar-refractivity contribution in [3.8, 4) is 0 Å². The van der Waals surface area contributed by atoms with Crippen molar-refractivity contribution in [3.63, 3.8) is 0 Å². The normalized spacial score (nSPS) is 14.4. The third kappa shape index (κ3) is 10.3. The summed E-state index contributed by atoms with van der Waals surface area (Å²) in [6.45, 7) is 3.93. The molecule has 0 bridgehead atoms. The Hall–Kier alpha value is -0.610. The second-order valence-corrected chi connectivity index (χ2v) is 4.66. The van der Waals surface area contributed by atoms with E-state index >= 15 is 0 Å². The van der Waals surface area contributed by atoms with Crippen LogP contribution in [0.15, 0.2) is 0 Å². The quantitative estimate of drug-likeness (QED) is 0.456. The van der Waals surface area contributed by atoms with E-state index in [1.54, 1.807) is 0 Å². The highest BCUT2D eigenvalue weighted by Crippen LogP contribution is 2.14. The third-order valence-electron chi connectivity index (χ3n) is 2.76. The van der Waals surface area contributed by atoms with E-state index in [0.717, 1.165) is 25.2 Å². The van der Waals surface area contributed by atoms with Crippen LogP contribution < -0.4 is 0 Å². The van der Waals surface area contributed by atoms with Crippen LogP contribution in [0.25, 0.3) is 0 Å². The van der Waals surface area contributed by atoms with E-state index in [-0.39, 0.29) is 19.2 Å². The number of aliphatic hydroxyl groups is 2. The van der Waals surface area contributed by atoms with Gasteiger partial charge < -0.3 is 14.9 Å². The highest BCUT2D eigenvalue weighted by Gasteiger charge is 2.08. The van der Waals surface area contributed by atoms with Gasteiger partial charge in [0, 0.05) is 6.42 Å². The summed E-state index contributed by atoms with van der Waals surface area (Å²) in [5.41, 5.74) is 0. The van der Waals surface area contributed by atoms with Gasteiger partial charge in [0.2, 0.25) is 0 Å². The first-order chi connectivity index (χ1) is 8.10. The van der Waals surface area contributed by atoms with E-state index in [2.05, 4.69) is 13.8 Å². The number of unbranched alkanes of at least 4 members (excludes halogenated alkanes) is 1. The van der Waals surface area contributed by atoms with Crippen LogP contribution in [0.5, 0.6) is 0 Å². The molecule has 4 heteroatoms. The molecule has 2 N–H and O–H groups in total. The van der Waals surface area contributed by atoms with E-state index in [1.807, 2.05) is 0 Å².